The molecule has 3 aromatic rings. The Hall–Kier alpha value is -2.57. The molecule has 0 aliphatic carbocycles. The van der Waals surface area contributed by atoms with E-state index in [0.29, 0.717) is 19.7 Å². The molecule has 1 saturated heterocycles. The maximum absolute atomic E-state index is 13.7. The van der Waals surface area contributed by atoms with Crippen molar-refractivity contribution in [3.8, 4) is 5.75 Å². The van der Waals surface area contributed by atoms with Crippen molar-refractivity contribution in [2.24, 2.45) is 0 Å². The maximum atomic E-state index is 13.7. The van der Waals surface area contributed by atoms with Gasteiger partial charge in [-0.1, -0.05) is 24.3 Å². The van der Waals surface area contributed by atoms with E-state index in [2.05, 4.69) is 11.0 Å². The van der Waals surface area contributed by atoms with Crippen molar-refractivity contribution in [1.82, 2.24) is 9.88 Å². The minimum absolute atomic E-state index is 0.0908. The molecule has 1 aliphatic rings. The number of aromatic nitrogens is 1. The summed E-state index contributed by atoms with van der Waals surface area (Å²) in [6.45, 7) is 2.87. The largest absolute Gasteiger partial charge is 0.488 e. The first-order valence-electron chi connectivity index (χ1n) is 8.94. The van der Waals surface area contributed by atoms with Crippen molar-refractivity contribution >= 4 is 10.9 Å². The summed E-state index contributed by atoms with van der Waals surface area (Å²) in [6, 6.07) is 15.3. The predicted octanol–water partition coefficient (Wildman–Crippen LogP) is 3.79. The first kappa shape index (κ1) is 17.8. The summed E-state index contributed by atoms with van der Waals surface area (Å²) in [7, 11) is 0. The van der Waals surface area contributed by atoms with Gasteiger partial charge in [-0.3, -0.25) is 9.88 Å². The van der Waals surface area contributed by atoms with Gasteiger partial charge in [0.2, 0.25) is 0 Å². The lowest BCUT2D eigenvalue weighted by Crippen LogP contribution is -2.44. The van der Waals surface area contributed by atoms with Gasteiger partial charge in [0.05, 0.1) is 17.8 Å². The van der Waals surface area contributed by atoms with Crippen molar-refractivity contribution in [2.45, 2.75) is 12.6 Å². The van der Waals surface area contributed by atoms with Gasteiger partial charge in [-0.2, -0.15) is 0 Å². The highest BCUT2D eigenvalue weighted by Gasteiger charge is 2.22. The maximum Gasteiger partial charge on any atom is 0.165 e. The monoisotopic (exact) mass is 370 g/mol. The Bertz CT molecular complexity index is 935. The summed E-state index contributed by atoms with van der Waals surface area (Å²) >= 11 is 0. The van der Waals surface area contributed by atoms with Crippen LogP contribution in [-0.2, 0) is 11.3 Å². The lowest BCUT2D eigenvalue weighted by molar-refractivity contribution is -0.0511. The van der Waals surface area contributed by atoms with Gasteiger partial charge < -0.3 is 9.47 Å². The molecule has 1 aliphatic heterocycles. The second-order valence-electron chi connectivity index (χ2n) is 6.61. The summed E-state index contributed by atoms with van der Waals surface area (Å²) in [6.07, 6.45) is -0.207. The molecule has 1 aromatic heterocycles. The van der Waals surface area contributed by atoms with E-state index in [1.807, 2.05) is 30.3 Å². The summed E-state index contributed by atoms with van der Waals surface area (Å²) in [5, 5.41) is 1.12. The SMILES string of the molecule is Fc1ccc(F)c(OCC2CN(Cc3ccc4ccccc4n3)CCO2)c1. The van der Waals surface area contributed by atoms with E-state index in [1.165, 1.54) is 0 Å². The normalized spacial score (nSPS) is 17.9. The number of halogens is 2. The highest BCUT2D eigenvalue weighted by molar-refractivity contribution is 5.78. The van der Waals surface area contributed by atoms with E-state index in [4.69, 9.17) is 14.5 Å². The third-order valence-corrected chi connectivity index (χ3v) is 4.58. The standard InChI is InChI=1S/C21H20F2N2O2/c22-16-6-8-19(23)21(11-16)27-14-18-13-25(9-10-26-18)12-17-7-5-15-3-1-2-4-20(15)24-17/h1-8,11,18H,9-10,12-14H2. The van der Waals surface area contributed by atoms with Crippen LogP contribution in [0.15, 0.2) is 54.6 Å². The molecule has 0 radical (unpaired) electrons. The van der Waals surface area contributed by atoms with E-state index in [9.17, 15) is 8.78 Å². The number of para-hydroxylation sites is 1. The van der Waals surface area contributed by atoms with E-state index in [-0.39, 0.29) is 18.5 Å². The highest BCUT2D eigenvalue weighted by atomic mass is 19.1. The van der Waals surface area contributed by atoms with Gasteiger partial charge in [-0.15, -0.1) is 0 Å². The van der Waals surface area contributed by atoms with E-state index >= 15 is 0 Å². The Balaban J connectivity index is 1.36. The van der Waals surface area contributed by atoms with Gasteiger partial charge in [0.15, 0.2) is 11.6 Å². The van der Waals surface area contributed by atoms with E-state index < -0.39 is 11.6 Å². The smallest absolute Gasteiger partial charge is 0.165 e. The number of hydrogen-bond acceptors (Lipinski definition) is 4. The van der Waals surface area contributed by atoms with Crippen molar-refractivity contribution in [2.75, 3.05) is 26.3 Å². The molecule has 1 fully saturated rings. The van der Waals surface area contributed by atoms with E-state index in [0.717, 1.165) is 41.3 Å². The fraction of sp³-hybridized carbons (Fsp3) is 0.286. The Labute approximate surface area is 156 Å². The van der Waals surface area contributed by atoms with Gasteiger partial charge in [-0.25, -0.2) is 8.78 Å². The zero-order valence-electron chi connectivity index (χ0n) is 14.8. The molecule has 4 rings (SSSR count). The zero-order valence-corrected chi connectivity index (χ0v) is 14.8. The molecule has 0 spiro atoms. The Morgan fingerprint density at radius 2 is 2.00 bits per heavy atom. The lowest BCUT2D eigenvalue weighted by atomic mass is 10.2. The highest BCUT2D eigenvalue weighted by Crippen LogP contribution is 2.19. The number of pyridine rings is 1. The molecule has 27 heavy (non-hydrogen) atoms. The van der Waals surface area contributed by atoms with Gasteiger partial charge in [0.25, 0.3) is 0 Å². The van der Waals surface area contributed by atoms with Crippen LogP contribution in [0.3, 0.4) is 0 Å². The van der Waals surface area contributed by atoms with Gasteiger partial charge in [-0.05, 0) is 24.3 Å². The molecule has 2 heterocycles. The molecule has 6 heteroatoms. The minimum Gasteiger partial charge on any atom is -0.488 e. The summed E-state index contributed by atoms with van der Waals surface area (Å²) in [4.78, 5) is 6.94. The fourth-order valence-corrected chi connectivity index (χ4v) is 3.22. The summed E-state index contributed by atoms with van der Waals surface area (Å²) in [5.41, 5.74) is 1.97. The van der Waals surface area contributed by atoms with Crippen LogP contribution in [0, 0.1) is 11.6 Å². The lowest BCUT2D eigenvalue weighted by Gasteiger charge is -2.32. The number of rotatable bonds is 5. The topological polar surface area (TPSA) is 34.6 Å². The van der Waals surface area contributed by atoms with Crippen LogP contribution in [0.25, 0.3) is 10.9 Å². The van der Waals surface area contributed by atoms with Crippen LogP contribution in [0.2, 0.25) is 0 Å². The molecule has 0 bridgehead atoms. The van der Waals surface area contributed by atoms with Crippen LogP contribution < -0.4 is 4.74 Å². The Kier molecular flexibility index (Phi) is 5.27. The molecular weight excluding hydrogens is 350 g/mol. The Morgan fingerprint density at radius 1 is 1.11 bits per heavy atom. The number of fused-ring (bicyclic) bond motifs is 1. The van der Waals surface area contributed by atoms with Gasteiger partial charge >= 0.3 is 0 Å². The Morgan fingerprint density at radius 3 is 2.93 bits per heavy atom. The second-order valence-corrected chi connectivity index (χ2v) is 6.61. The van der Waals surface area contributed by atoms with Crippen LogP contribution >= 0.6 is 0 Å². The first-order valence-corrected chi connectivity index (χ1v) is 8.94. The number of ether oxygens (including phenoxy) is 2. The third-order valence-electron chi connectivity index (χ3n) is 4.58. The third kappa shape index (κ3) is 4.40. The van der Waals surface area contributed by atoms with Crippen LogP contribution in [-0.4, -0.2) is 42.3 Å². The predicted molar refractivity (Wildman–Crippen MR) is 98.6 cm³/mol. The van der Waals surface area contributed by atoms with Crippen LogP contribution in [0.4, 0.5) is 8.78 Å². The van der Waals surface area contributed by atoms with E-state index in [1.54, 1.807) is 0 Å². The van der Waals surface area contributed by atoms with Crippen molar-refractivity contribution in [1.29, 1.82) is 0 Å². The number of hydrogen-bond donors (Lipinski definition) is 0. The van der Waals surface area contributed by atoms with Crippen molar-refractivity contribution < 1.29 is 18.3 Å². The quantitative estimate of drug-likeness (QED) is 0.684. The molecule has 1 atom stereocenters. The number of morpholine rings is 1. The number of benzene rings is 2. The average Bonchev–Trinajstić information content (AvgIpc) is 2.69. The molecule has 0 saturated carbocycles. The van der Waals surface area contributed by atoms with Gasteiger partial charge in [0.1, 0.15) is 18.5 Å². The summed E-state index contributed by atoms with van der Waals surface area (Å²) < 4.78 is 38.0. The fourth-order valence-electron chi connectivity index (χ4n) is 3.22. The molecule has 0 amide bonds. The first-order chi connectivity index (χ1) is 13.2. The van der Waals surface area contributed by atoms with Gasteiger partial charge in [0, 0.05) is 31.1 Å². The average molecular weight is 370 g/mol. The van der Waals surface area contributed by atoms with Crippen molar-refractivity contribution in [3.63, 3.8) is 0 Å². The molecule has 140 valence electrons. The minimum atomic E-state index is -0.579. The van der Waals surface area contributed by atoms with Crippen LogP contribution in [0.5, 0.6) is 5.75 Å². The second kappa shape index (κ2) is 7.98. The zero-order chi connectivity index (χ0) is 18.6. The molecule has 4 nitrogen and oxygen atoms in total. The van der Waals surface area contributed by atoms with Crippen molar-refractivity contribution in [3.05, 3.63) is 71.9 Å². The number of nitrogens with zero attached hydrogens (tertiary/aromatic N) is 2. The van der Waals surface area contributed by atoms with Crippen LogP contribution in [0.1, 0.15) is 5.69 Å². The molecule has 0 N–H and O–H groups in total. The molecular formula is C21H20F2N2O2. The molecule has 1 unspecified atom stereocenters. The summed E-state index contributed by atoms with van der Waals surface area (Å²) in [5.74, 6) is -1.20. The molecule has 2 aromatic carbocycles.